The van der Waals surface area contributed by atoms with Crippen LogP contribution in [0, 0.1) is 12.7 Å². The fourth-order valence-corrected chi connectivity index (χ4v) is 4.56. The van der Waals surface area contributed by atoms with E-state index in [0.717, 1.165) is 29.8 Å². The molecule has 1 aromatic carbocycles. The number of nitrogens with zero attached hydrogens (tertiary/aromatic N) is 5. The van der Waals surface area contributed by atoms with Gasteiger partial charge >= 0.3 is 5.97 Å². The van der Waals surface area contributed by atoms with Gasteiger partial charge in [-0.2, -0.15) is 0 Å². The predicted octanol–water partition coefficient (Wildman–Crippen LogP) is 4.07. The predicted molar refractivity (Wildman–Crippen MR) is 128 cm³/mol. The summed E-state index contributed by atoms with van der Waals surface area (Å²) in [4.78, 5) is 39.9. The third-order valence-corrected chi connectivity index (χ3v) is 6.22. The maximum Gasteiger partial charge on any atom is 0.339 e. The Morgan fingerprint density at radius 3 is 2.57 bits per heavy atom. The first-order valence-corrected chi connectivity index (χ1v) is 11.3. The van der Waals surface area contributed by atoms with Gasteiger partial charge in [-0.05, 0) is 62.2 Å². The lowest BCUT2D eigenvalue weighted by Gasteiger charge is -2.34. The van der Waals surface area contributed by atoms with Crippen molar-refractivity contribution < 1.29 is 19.1 Å². The Bertz CT molecular complexity index is 1410. The number of carbonyl (C=O) groups is 2. The van der Waals surface area contributed by atoms with Crippen LogP contribution in [0.2, 0.25) is 0 Å². The van der Waals surface area contributed by atoms with E-state index in [4.69, 9.17) is 0 Å². The van der Waals surface area contributed by atoms with Gasteiger partial charge in [0.05, 0.1) is 11.9 Å². The Labute approximate surface area is 200 Å². The summed E-state index contributed by atoms with van der Waals surface area (Å²) in [5, 5.41) is 12.4. The van der Waals surface area contributed by atoms with E-state index in [0.29, 0.717) is 18.9 Å². The minimum Gasteiger partial charge on any atom is -0.478 e. The summed E-state index contributed by atoms with van der Waals surface area (Å²) in [6.45, 7) is 3.20. The number of carboxylic acids is 1. The Morgan fingerprint density at radius 1 is 1.11 bits per heavy atom. The molecule has 1 amide bonds. The van der Waals surface area contributed by atoms with E-state index in [2.05, 4.69) is 24.8 Å². The van der Waals surface area contributed by atoms with E-state index < -0.39 is 17.7 Å². The number of aromatic nitrogens is 4. The highest BCUT2D eigenvalue weighted by Gasteiger charge is 2.27. The molecule has 0 unspecified atom stereocenters. The molecule has 2 N–H and O–H groups in total. The van der Waals surface area contributed by atoms with E-state index in [1.54, 1.807) is 6.20 Å². The van der Waals surface area contributed by atoms with Crippen LogP contribution in [0.4, 0.5) is 15.9 Å². The van der Waals surface area contributed by atoms with Gasteiger partial charge in [-0.3, -0.25) is 4.79 Å². The van der Waals surface area contributed by atoms with Gasteiger partial charge in [0.25, 0.3) is 5.91 Å². The molecule has 1 fully saturated rings. The number of fused-ring (bicyclic) bond motifs is 1. The summed E-state index contributed by atoms with van der Waals surface area (Å²) in [5.41, 5.74) is 2.23. The van der Waals surface area contributed by atoms with E-state index >= 15 is 0 Å². The number of benzene rings is 1. The van der Waals surface area contributed by atoms with E-state index in [-0.39, 0.29) is 22.9 Å². The number of halogens is 1. The summed E-state index contributed by atoms with van der Waals surface area (Å²) >= 11 is 0. The lowest BCUT2D eigenvalue weighted by Crippen LogP contribution is -2.36. The summed E-state index contributed by atoms with van der Waals surface area (Å²) in [6, 6.07) is 10.5. The zero-order valence-corrected chi connectivity index (χ0v) is 19.0. The van der Waals surface area contributed by atoms with Crippen LogP contribution < -0.4 is 10.2 Å². The first kappa shape index (κ1) is 22.5. The molecule has 10 heteroatoms. The average Bonchev–Trinajstić information content (AvgIpc) is 3.20. The van der Waals surface area contributed by atoms with Gasteiger partial charge in [-0.1, -0.05) is 0 Å². The second kappa shape index (κ2) is 9.13. The number of carbonyl (C=O) groups excluding carboxylic acids is 1. The number of carboxylic acid groups (broad SMARTS) is 1. The molecule has 178 valence electrons. The smallest absolute Gasteiger partial charge is 0.339 e. The molecule has 4 heterocycles. The van der Waals surface area contributed by atoms with E-state index in [1.165, 1.54) is 36.5 Å². The quantitative estimate of drug-likeness (QED) is 0.448. The Balaban J connectivity index is 1.33. The van der Waals surface area contributed by atoms with Gasteiger partial charge in [-0.25, -0.2) is 24.1 Å². The maximum atomic E-state index is 13.1. The van der Waals surface area contributed by atoms with Crippen molar-refractivity contribution in [3.05, 3.63) is 77.6 Å². The number of hydrogen-bond acceptors (Lipinski definition) is 6. The monoisotopic (exact) mass is 474 g/mol. The zero-order chi connectivity index (χ0) is 24.5. The maximum absolute atomic E-state index is 13.1. The molecule has 35 heavy (non-hydrogen) atoms. The van der Waals surface area contributed by atoms with Gasteiger partial charge in [0.15, 0.2) is 5.65 Å². The molecule has 1 aliphatic rings. The summed E-state index contributed by atoms with van der Waals surface area (Å²) in [5.74, 6) is -0.789. The number of amides is 1. The van der Waals surface area contributed by atoms with Gasteiger partial charge < -0.3 is 19.9 Å². The van der Waals surface area contributed by atoms with Gasteiger partial charge in [0.1, 0.15) is 28.5 Å². The molecular weight excluding hydrogens is 451 g/mol. The van der Waals surface area contributed by atoms with Crippen LogP contribution in [0.25, 0.3) is 11.2 Å². The molecule has 0 bridgehead atoms. The Hall–Kier alpha value is -4.34. The van der Waals surface area contributed by atoms with Crippen LogP contribution in [0.5, 0.6) is 0 Å². The molecule has 0 saturated carbocycles. The third kappa shape index (κ3) is 4.42. The zero-order valence-electron chi connectivity index (χ0n) is 19.0. The number of aryl methyl sites for hydroxylation is 1. The van der Waals surface area contributed by atoms with Crippen molar-refractivity contribution in [3.63, 3.8) is 0 Å². The normalized spacial score (nSPS) is 14.3. The first-order chi connectivity index (χ1) is 16.9. The molecule has 0 radical (unpaired) electrons. The number of rotatable bonds is 5. The molecular formula is C25H23FN6O3. The largest absolute Gasteiger partial charge is 0.478 e. The summed E-state index contributed by atoms with van der Waals surface area (Å²) in [6.07, 6.45) is 4.76. The van der Waals surface area contributed by atoms with Gasteiger partial charge in [0, 0.05) is 30.9 Å². The molecule has 1 aliphatic heterocycles. The average molecular weight is 474 g/mol. The number of hydrogen-bond donors (Lipinski definition) is 2. The van der Waals surface area contributed by atoms with Crippen molar-refractivity contribution in [2.45, 2.75) is 25.8 Å². The van der Waals surface area contributed by atoms with Crippen molar-refractivity contribution in [1.29, 1.82) is 0 Å². The minimum absolute atomic E-state index is 0.00582. The fourth-order valence-electron chi connectivity index (χ4n) is 4.56. The van der Waals surface area contributed by atoms with Crippen molar-refractivity contribution >= 4 is 34.5 Å². The molecule has 1 saturated heterocycles. The minimum atomic E-state index is -1.13. The number of pyridine rings is 2. The second-order valence-electron chi connectivity index (χ2n) is 8.45. The molecule has 0 atom stereocenters. The van der Waals surface area contributed by atoms with Crippen LogP contribution in [0.1, 0.15) is 45.4 Å². The van der Waals surface area contributed by atoms with E-state index in [9.17, 15) is 19.1 Å². The van der Waals surface area contributed by atoms with E-state index in [1.807, 2.05) is 24.0 Å². The van der Waals surface area contributed by atoms with Crippen LogP contribution >= 0.6 is 0 Å². The van der Waals surface area contributed by atoms with Crippen molar-refractivity contribution in [3.8, 4) is 0 Å². The Kier molecular flexibility index (Phi) is 5.86. The first-order valence-electron chi connectivity index (χ1n) is 11.3. The summed E-state index contributed by atoms with van der Waals surface area (Å²) < 4.78 is 15.3. The van der Waals surface area contributed by atoms with Gasteiger partial charge in [0.2, 0.25) is 0 Å². The molecule has 3 aromatic heterocycles. The van der Waals surface area contributed by atoms with Crippen molar-refractivity contribution in [1.82, 2.24) is 19.5 Å². The van der Waals surface area contributed by atoms with Crippen molar-refractivity contribution in [2.24, 2.45) is 0 Å². The van der Waals surface area contributed by atoms with Crippen LogP contribution in [0.3, 0.4) is 0 Å². The number of imidazole rings is 1. The van der Waals surface area contributed by atoms with Crippen LogP contribution in [0.15, 0.2) is 54.9 Å². The lowest BCUT2D eigenvalue weighted by molar-refractivity contribution is 0.0696. The second-order valence-corrected chi connectivity index (χ2v) is 8.45. The molecule has 0 aliphatic carbocycles. The third-order valence-electron chi connectivity index (χ3n) is 6.22. The molecule has 9 nitrogen and oxygen atoms in total. The highest BCUT2D eigenvalue weighted by atomic mass is 19.1. The number of piperidine rings is 1. The summed E-state index contributed by atoms with van der Waals surface area (Å²) in [7, 11) is 0. The van der Waals surface area contributed by atoms with Crippen molar-refractivity contribution in [2.75, 3.05) is 23.3 Å². The fraction of sp³-hybridized carbons (Fsp3) is 0.240. The van der Waals surface area contributed by atoms with Crippen LogP contribution in [-0.2, 0) is 0 Å². The highest BCUT2D eigenvalue weighted by molar-refractivity contribution is 6.05. The molecule has 4 aromatic rings. The highest BCUT2D eigenvalue weighted by Crippen LogP contribution is 2.31. The SMILES string of the molecule is Cc1nc2cccnc2n1C1CCN(c2ncc(NC(=O)c3ccc(F)cc3)cc2C(=O)O)CC1. The topological polar surface area (TPSA) is 113 Å². The number of anilines is 2. The Morgan fingerprint density at radius 2 is 1.86 bits per heavy atom. The standard InChI is InChI=1S/C25H23FN6O3/c1-15-29-21-3-2-10-27-23(21)32(15)19-8-11-31(12-9-19)22-20(25(34)35)13-18(14-28-22)30-24(33)16-4-6-17(26)7-5-16/h2-7,10,13-14,19H,8-9,11-12H2,1H3,(H,30,33)(H,34,35). The lowest BCUT2D eigenvalue weighted by atomic mass is 10.0. The van der Waals surface area contributed by atoms with Crippen LogP contribution in [-0.4, -0.2) is 49.6 Å². The molecule has 0 spiro atoms. The van der Waals surface area contributed by atoms with Gasteiger partial charge in [-0.15, -0.1) is 0 Å². The number of aromatic carboxylic acids is 1. The number of nitrogens with one attached hydrogen (secondary N) is 1. The molecule has 5 rings (SSSR count).